The summed E-state index contributed by atoms with van der Waals surface area (Å²) < 4.78 is 27.9. The zero-order valence-electron chi connectivity index (χ0n) is 14.9. The number of ether oxygens (including phenoxy) is 2. The van der Waals surface area contributed by atoms with Crippen LogP contribution in [0.5, 0.6) is 0 Å². The third-order valence-corrected chi connectivity index (χ3v) is 5.08. The van der Waals surface area contributed by atoms with Gasteiger partial charge < -0.3 is 9.47 Å². The molecule has 2 heterocycles. The van der Waals surface area contributed by atoms with Gasteiger partial charge in [-0.05, 0) is 43.3 Å². The van der Waals surface area contributed by atoms with Crippen LogP contribution in [-0.2, 0) is 16.0 Å². The van der Waals surface area contributed by atoms with Crippen LogP contribution in [0.3, 0.4) is 0 Å². The summed E-state index contributed by atoms with van der Waals surface area (Å²) >= 11 is 0. The molecule has 0 atom stereocenters. The summed E-state index contributed by atoms with van der Waals surface area (Å²) in [6, 6.07) is 7.08. The fourth-order valence-corrected chi connectivity index (χ4v) is 3.65. The van der Waals surface area contributed by atoms with Crippen molar-refractivity contribution in [1.29, 1.82) is 0 Å². The van der Waals surface area contributed by atoms with Gasteiger partial charge in [-0.25, -0.2) is 14.1 Å². The predicted octanol–water partition coefficient (Wildman–Crippen LogP) is 4.35. The van der Waals surface area contributed by atoms with Crippen molar-refractivity contribution in [3.63, 3.8) is 0 Å². The average molecular weight is 355 g/mol. The van der Waals surface area contributed by atoms with Gasteiger partial charge in [0.2, 0.25) is 0 Å². The first-order valence-electron chi connectivity index (χ1n) is 8.96. The van der Waals surface area contributed by atoms with Crippen LogP contribution >= 0.6 is 0 Å². The Morgan fingerprint density at radius 3 is 2.69 bits per heavy atom. The summed E-state index contributed by atoms with van der Waals surface area (Å²) in [5.41, 5.74) is 3.08. The second-order valence-corrected chi connectivity index (χ2v) is 6.60. The van der Waals surface area contributed by atoms with Crippen LogP contribution in [0.4, 0.5) is 10.2 Å². The molecule has 0 saturated carbocycles. The molecule has 2 aliphatic rings. The van der Waals surface area contributed by atoms with Crippen LogP contribution < -0.4 is 0 Å². The largest absolute Gasteiger partial charge is 0.347 e. The highest BCUT2D eigenvalue weighted by Gasteiger charge is 2.37. The average Bonchev–Trinajstić information content (AvgIpc) is 3.29. The summed E-state index contributed by atoms with van der Waals surface area (Å²) in [6.45, 7) is 7.47. The van der Waals surface area contributed by atoms with E-state index in [4.69, 9.17) is 9.47 Å². The number of aromatic nitrogens is 2. The van der Waals surface area contributed by atoms with E-state index in [1.165, 1.54) is 0 Å². The number of hydrogen-bond acceptors (Lipinski definition) is 4. The minimum absolute atomic E-state index is 0.284. The van der Waals surface area contributed by atoms with Gasteiger partial charge in [-0.15, -0.1) is 0 Å². The van der Waals surface area contributed by atoms with Gasteiger partial charge >= 0.3 is 0 Å². The maximum absolute atomic E-state index is 14.8. The lowest BCUT2D eigenvalue weighted by Crippen LogP contribution is -2.31. The summed E-state index contributed by atoms with van der Waals surface area (Å²) in [5.74, 6) is -0.0977. The first-order chi connectivity index (χ1) is 12.6. The molecule has 1 spiro atoms. The molecule has 1 fully saturated rings. The maximum atomic E-state index is 14.8. The van der Waals surface area contributed by atoms with Gasteiger partial charge in [0.1, 0.15) is 11.6 Å². The van der Waals surface area contributed by atoms with Gasteiger partial charge in [-0.2, -0.15) is 5.10 Å². The highest BCUT2D eigenvalue weighted by Crippen LogP contribution is 2.39. The fourth-order valence-electron chi connectivity index (χ4n) is 3.65. The molecule has 0 bridgehead atoms. The molecule has 1 aliphatic carbocycles. The topological polar surface area (TPSA) is 48.6 Å². The first kappa shape index (κ1) is 17.1. The van der Waals surface area contributed by atoms with Gasteiger partial charge in [0.25, 0.3) is 0 Å². The Bertz CT molecular complexity index is 866. The van der Waals surface area contributed by atoms with Crippen molar-refractivity contribution in [3.05, 3.63) is 41.7 Å². The molecule has 136 valence electrons. The van der Waals surface area contributed by atoms with Crippen LogP contribution in [-0.4, -0.2) is 35.5 Å². The molecule has 0 amide bonds. The zero-order chi connectivity index (χ0) is 18.1. The molecular formula is C20H22FN3O2. The summed E-state index contributed by atoms with van der Waals surface area (Å²) in [7, 11) is 0. The van der Waals surface area contributed by atoms with Crippen molar-refractivity contribution >= 4 is 18.1 Å². The molecule has 5 nitrogen and oxygen atoms in total. The smallest absolute Gasteiger partial charge is 0.172 e. The predicted molar refractivity (Wildman–Crippen MR) is 99.0 cm³/mol. The normalized spacial score (nSPS) is 18.9. The van der Waals surface area contributed by atoms with Gasteiger partial charge in [-0.1, -0.05) is 12.1 Å². The van der Waals surface area contributed by atoms with Gasteiger partial charge in [-0.3, -0.25) is 0 Å². The summed E-state index contributed by atoms with van der Waals surface area (Å²) in [4.78, 5) is 3.94. The standard InChI is InChI=1S/C20H22FN3O2/c1-3-24-19(22-2)13-18(23-24)16-5-4-15(12-17(16)21)14-6-8-20(9-7-14)25-10-11-26-20/h4-6,12-13H,2-3,7-11H2,1H3. The number of aliphatic imine (C=N–C) groups is 1. The van der Waals surface area contributed by atoms with Gasteiger partial charge in [0.15, 0.2) is 5.79 Å². The monoisotopic (exact) mass is 355 g/mol. The van der Waals surface area contributed by atoms with Gasteiger partial charge in [0.05, 0.1) is 18.9 Å². The van der Waals surface area contributed by atoms with E-state index in [1.807, 2.05) is 13.0 Å². The van der Waals surface area contributed by atoms with E-state index in [-0.39, 0.29) is 5.82 Å². The Morgan fingerprint density at radius 1 is 1.31 bits per heavy atom. The van der Waals surface area contributed by atoms with Crippen LogP contribution in [0, 0.1) is 5.82 Å². The first-order valence-corrected chi connectivity index (χ1v) is 8.96. The van der Waals surface area contributed by atoms with Crippen LogP contribution in [0.1, 0.15) is 31.7 Å². The number of allylic oxidation sites excluding steroid dienone is 1. The Kier molecular flexibility index (Phi) is 4.46. The second kappa shape index (κ2) is 6.78. The van der Waals surface area contributed by atoms with E-state index in [0.29, 0.717) is 43.3 Å². The molecule has 1 saturated heterocycles. The molecule has 6 heteroatoms. The summed E-state index contributed by atoms with van der Waals surface area (Å²) in [5, 5.41) is 4.42. The minimum atomic E-state index is -0.455. The van der Waals surface area contributed by atoms with Crippen LogP contribution in [0.25, 0.3) is 16.8 Å². The third kappa shape index (κ3) is 2.99. The van der Waals surface area contributed by atoms with Crippen molar-refractivity contribution in [2.75, 3.05) is 13.2 Å². The number of nitrogens with zero attached hydrogens (tertiary/aromatic N) is 3. The lowest BCUT2D eigenvalue weighted by molar-refractivity contribution is -0.159. The molecule has 0 N–H and O–H groups in total. The molecule has 4 rings (SSSR count). The molecule has 1 aromatic carbocycles. The Hall–Kier alpha value is -2.31. The number of halogens is 1. The fraction of sp³-hybridized carbons (Fsp3) is 0.400. The molecular weight excluding hydrogens is 333 g/mol. The van der Waals surface area contributed by atoms with Crippen molar-refractivity contribution in [2.45, 2.75) is 38.5 Å². The lowest BCUT2D eigenvalue weighted by atomic mass is 9.89. The third-order valence-electron chi connectivity index (χ3n) is 5.08. The van der Waals surface area contributed by atoms with Crippen molar-refractivity contribution in [2.24, 2.45) is 4.99 Å². The van der Waals surface area contributed by atoms with E-state index < -0.39 is 5.79 Å². The van der Waals surface area contributed by atoms with E-state index in [1.54, 1.807) is 22.9 Å². The molecule has 0 unspecified atom stereocenters. The Labute approximate surface area is 152 Å². The Balaban J connectivity index is 1.59. The van der Waals surface area contributed by atoms with Crippen LogP contribution in [0.15, 0.2) is 35.3 Å². The molecule has 1 aliphatic heterocycles. The SMILES string of the molecule is C=Nc1cc(-c2ccc(C3=CCC4(CC3)OCCO4)cc2F)nn1CC. The lowest BCUT2D eigenvalue weighted by Gasteiger charge is -2.30. The van der Waals surface area contributed by atoms with E-state index in [0.717, 1.165) is 24.0 Å². The number of benzene rings is 1. The molecule has 26 heavy (non-hydrogen) atoms. The number of aryl methyl sites for hydroxylation is 1. The zero-order valence-corrected chi connectivity index (χ0v) is 14.9. The van der Waals surface area contributed by atoms with Crippen molar-refractivity contribution in [1.82, 2.24) is 9.78 Å². The van der Waals surface area contributed by atoms with E-state index >= 15 is 0 Å². The quantitative estimate of drug-likeness (QED) is 0.766. The van der Waals surface area contributed by atoms with E-state index in [9.17, 15) is 4.39 Å². The minimum Gasteiger partial charge on any atom is -0.347 e. The highest BCUT2D eigenvalue weighted by molar-refractivity contribution is 5.71. The Morgan fingerprint density at radius 2 is 2.12 bits per heavy atom. The molecule has 1 aromatic heterocycles. The van der Waals surface area contributed by atoms with E-state index in [2.05, 4.69) is 22.9 Å². The van der Waals surface area contributed by atoms with Gasteiger partial charge in [0, 0.05) is 31.0 Å². The maximum Gasteiger partial charge on any atom is 0.172 e. The highest BCUT2D eigenvalue weighted by atomic mass is 19.1. The van der Waals surface area contributed by atoms with Crippen molar-refractivity contribution in [3.8, 4) is 11.3 Å². The number of hydrogen-bond donors (Lipinski definition) is 0. The molecule has 0 radical (unpaired) electrons. The van der Waals surface area contributed by atoms with Crippen molar-refractivity contribution < 1.29 is 13.9 Å². The summed E-state index contributed by atoms with van der Waals surface area (Å²) in [6.07, 6.45) is 4.43. The molecule has 2 aromatic rings. The van der Waals surface area contributed by atoms with Crippen LogP contribution in [0.2, 0.25) is 0 Å². The second-order valence-electron chi connectivity index (χ2n) is 6.60. The number of rotatable bonds is 4.